The Morgan fingerprint density at radius 3 is 2.04 bits per heavy atom. The van der Waals surface area contributed by atoms with Crippen LogP contribution in [0, 0.1) is 0 Å². The first-order valence-corrected chi connectivity index (χ1v) is 11.4. The largest absolute Gasteiger partial charge is 0.508 e. The van der Waals surface area contributed by atoms with Gasteiger partial charge < -0.3 is 9.84 Å². The van der Waals surface area contributed by atoms with Crippen LogP contribution in [0.3, 0.4) is 0 Å². The summed E-state index contributed by atoms with van der Waals surface area (Å²) in [4.78, 5) is -0.409. The topological polar surface area (TPSA) is 83.8 Å². The number of aromatic hydroxyl groups is 1. The normalized spacial score (nSPS) is 11.5. The van der Waals surface area contributed by atoms with Gasteiger partial charge in [0.1, 0.15) is 22.1 Å². The van der Waals surface area contributed by atoms with Crippen molar-refractivity contribution in [3.05, 3.63) is 48.0 Å². The molecule has 2 aromatic carbocycles. The Hall–Kier alpha value is -2.05. The fraction of sp³-hybridized carbons (Fsp3) is 0.455. The smallest absolute Gasteiger partial charge is 0.294 e. The molecule has 0 saturated carbocycles. The van der Waals surface area contributed by atoms with Gasteiger partial charge in [0.05, 0.1) is 0 Å². The maximum atomic E-state index is 11.2. The molecule has 0 aliphatic rings. The maximum Gasteiger partial charge on any atom is 0.294 e. The number of phenolic OH excluding ortho intramolecular Hbond substituents is 1. The van der Waals surface area contributed by atoms with Gasteiger partial charge in [-0.1, -0.05) is 64.0 Å². The molecule has 0 saturated heterocycles. The molecule has 0 radical (unpaired) electrons. The third-order valence-corrected chi connectivity index (χ3v) is 5.47. The Bertz CT molecular complexity index is 829. The second-order valence-electron chi connectivity index (χ2n) is 7.11. The lowest BCUT2D eigenvalue weighted by atomic mass is 10.0. The Morgan fingerprint density at radius 1 is 0.821 bits per heavy atom. The minimum absolute atomic E-state index is 0.142. The molecule has 28 heavy (non-hydrogen) atoms. The van der Waals surface area contributed by atoms with Gasteiger partial charge in [0.2, 0.25) is 0 Å². The Morgan fingerprint density at radius 2 is 1.43 bits per heavy atom. The van der Waals surface area contributed by atoms with Crippen molar-refractivity contribution in [2.75, 3.05) is 0 Å². The molecule has 2 aromatic rings. The molecule has 0 heterocycles. The minimum atomic E-state index is -4.41. The summed E-state index contributed by atoms with van der Waals surface area (Å²) in [5, 5.41) is 9.62. The van der Waals surface area contributed by atoms with Gasteiger partial charge in [0.25, 0.3) is 10.1 Å². The van der Waals surface area contributed by atoms with Gasteiger partial charge in [-0.2, -0.15) is 8.42 Å². The summed E-state index contributed by atoms with van der Waals surface area (Å²) in [5.41, 5.74) is 1.23. The van der Waals surface area contributed by atoms with Crippen LogP contribution in [0.2, 0.25) is 0 Å². The fourth-order valence-electron chi connectivity index (χ4n) is 3.09. The van der Waals surface area contributed by atoms with E-state index in [9.17, 15) is 13.5 Å². The van der Waals surface area contributed by atoms with Gasteiger partial charge in [0.15, 0.2) is 0 Å². The summed E-state index contributed by atoms with van der Waals surface area (Å²) < 4.78 is 37.2. The first kappa shape index (κ1) is 22.2. The Labute approximate surface area is 168 Å². The number of benzene rings is 2. The van der Waals surface area contributed by atoms with Gasteiger partial charge in [-0.15, -0.1) is 0 Å². The quantitative estimate of drug-likeness (QED) is 0.328. The van der Waals surface area contributed by atoms with E-state index < -0.39 is 15.0 Å². The van der Waals surface area contributed by atoms with Crippen molar-refractivity contribution in [2.24, 2.45) is 0 Å². The van der Waals surface area contributed by atoms with Crippen LogP contribution in [0.4, 0.5) is 0 Å². The molecule has 6 heteroatoms. The van der Waals surface area contributed by atoms with Crippen LogP contribution in [-0.2, 0) is 16.5 Å². The fourth-order valence-corrected chi connectivity index (χ4v) is 3.62. The number of rotatable bonds is 12. The van der Waals surface area contributed by atoms with Crippen molar-refractivity contribution in [3.63, 3.8) is 0 Å². The minimum Gasteiger partial charge on any atom is -0.508 e. The standard InChI is InChI=1S/C22H30O5S/c1-2-3-4-5-6-7-8-9-10-18-11-13-20(14-12-18)27-21-15-19(23)16-22(17-21)28(24,25)26/h11-17,23H,2-10H2,1H3,(H,24,25,26). The third kappa shape index (κ3) is 7.90. The van der Waals surface area contributed by atoms with E-state index in [4.69, 9.17) is 9.29 Å². The van der Waals surface area contributed by atoms with E-state index in [2.05, 4.69) is 6.92 Å². The van der Waals surface area contributed by atoms with Gasteiger partial charge in [0, 0.05) is 18.2 Å². The zero-order valence-electron chi connectivity index (χ0n) is 16.4. The first-order valence-electron chi connectivity index (χ1n) is 9.97. The summed E-state index contributed by atoms with van der Waals surface area (Å²) in [6.45, 7) is 2.23. The number of phenols is 1. The lowest BCUT2D eigenvalue weighted by molar-refractivity contribution is 0.447. The molecular weight excluding hydrogens is 376 g/mol. The molecule has 5 nitrogen and oxygen atoms in total. The molecule has 154 valence electrons. The first-order chi connectivity index (χ1) is 13.4. The van der Waals surface area contributed by atoms with Crippen molar-refractivity contribution in [1.29, 1.82) is 0 Å². The predicted molar refractivity (Wildman–Crippen MR) is 111 cm³/mol. The van der Waals surface area contributed by atoms with Crippen LogP contribution in [0.15, 0.2) is 47.4 Å². The van der Waals surface area contributed by atoms with Gasteiger partial charge in [-0.3, -0.25) is 4.55 Å². The van der Waals surface area contributed by atoms with Crippen LogP contribution >= 0.6 is 0 Å². The van der Waals surface area contributed by atoms with Crippen molar-refractivity contribution in [3.8, 4) is 17.2 Å². The van der Waals surface area contributed by atoms with Crippen LogP contribution in [0.25, 0.3) is 0 Å². The highest BCUT2D eigenvalue weighted by atomic mass is 32.2. The summed E-state index contributed by atoms with van der Waals surface area (Å²) in [5.74, 6) is 0.381. The number of hydrogen-bond donors (Lipinski definition) is 2. The molecule has 0 spiro atoms. The van der Waals surface area contributed by atoms with Crippen molar-refractivity contribution < 1.29 is 22.8 Å². The van der Waals surface area contributed by atoms with E-state index >= 15 is 0 Å². The molecule has 2 rings (SSSR count). The predicted octanol–water partition coefficient (Wildman–Crippen LogP) is 6.11. The highest BCUT2D eigenvalue weighted by Crippen LogP contribution is 2.29. The van der Waals surface area contributed by atoms with E-state index in [1.54, 1.807) is 0 Å². The van der Waals surface area contributed by atoms with Crippen LogP contribution in [0.1, 0.15) is 63.9 Å². The zero-order chi connectivity index (χ0) is 20.4. The SMILES string of the molecule is CCCCCCCCCCc1ccc(Oc2cc(O)cc(S(=O)(=O)O)c2)cc1. The van der Waals surface area contributed by atoms with Crippen molar-refractivity contribution in [2.45, 2.75) is 69.6 Å². The van der Waals surface area contributed by atoms with E-state index in [1.807, 2.05) is 24.3 Å². The Kier molecular flexibility index (Phi) is 8.80. The zero-order valence-corrected chi connectivity index (χ0v) is 17.2. The second-order valence-corrected chi connectivity index (χ2v) is 8.53. The molecule has 0 aliphatic heterocycles. The summed E-state index contributed by atoms with van der Waals surface area (Å²) >= 11 is 0. The molecule has 0 aromatic heterocycles. The van der Waals surface area contributed by atoms with Gasteiger partial charge in [-0.05, 0) is 30.5 Å². The lowest BCUT2D eigenvalue weighted by Crippen LogP contribution is -1.98. The van der Waals surface area contributed by atoms with E-state index in [0.29, 0.717) is 5.75 Å². The number of unbranched alkanes of at least 4 members (excludes halogenated alkanes) is 7. The van der Waals surface area contributed by atoms with Crippen LogP contribution in [0.5, 0.6) is 17.2 Å². The third-order valence-electron chi connectivity index (χ3n) is 4.64. The number of aryl methyl sites for hydroxylation is 1. The highest BCUT2D eigenvalue weighted by Gasteiger charge is 2.13. The second kappa shape index (κ2) is 11.1. The van der Waals surface area contributed by atoms with Crippen molar-refractivity contribution >= 4 is 10.1 Å². The average molecular weight is 407 g/mol. The molecule has 0 atom stereocenters. The molecule has 2 N–H and O–H groups in total. The van der Waals surface area contributed by atoms with E-state index in [0.717, 1.165) is 18.9 Å². The van der Waals surface area contributed by atoms with Crippen LogP contribution < -0.4 is 4.74 Å². The Balaban J connectivity index is 1.81. The average Bonchev–Trinajstić information content (AvgIpc) is 2.64. The maximum absolute atomic E-state index is 11.2. The number of ether oxygens (including phenoxy) is 1. The van der Waals surface area contributed by atoms with E-state index in [-0.39, 0.29) is 11.5 Å². The molecule has 0 unspecified atom stereocenters. The van der Waals surface area contributed by atoms with Gasteiger partial charge >= 0.3 is 0 Å². The summed E-state index contributed by atoms with van der Waals surface area (Å²) in [6, 6.07) is 11.0. The molecule has 0 amide bonds. The van der Waals surface area contributed by atoms with Crippen molar-refractivity contribution in [1.82, 2.24) is 0 Å². The lowest BCUT2D eigenvalue weighted by Gasteiger charge is -2.09. The number of hydrogen-bond acceptors (Lipinski definition) is 4. The highest BCUT2D eigenvalue weighted by molar-refractivity contribution is 7.85. The van der Waals surface area contributed by atoms with Gasteiger partial charge in [-0.25, -0.2) is 0 Å². The molecule has 0 fully saturated rings. The molecule has 0 aliphatic carbocycles. The summed E-state index contributed by atoms with van der Waals surface area (Å²) in [7, 11) is -4.41. The molecule has 0 bridgehead atoms. The molecular formula is C22H30O5S. The monoisotopic (exact) mass is 406 g/mol. The van der Waals surface area contributed by atoms with E-state index in [1.165, 1.54) is 62.6 Å². The van der Waals surface area contributed by atoms with Crippen LogP contribution in [-0.4, -0.2) is 18.1 Å². The summed E-state index contributed by atoms with van der Waals surface area (Å²) in [6.07, 6.45) is 11.4.